The molecule has 2 fully saturated rings. The summed E-state index contributed by atoms with van der Waals surface area (Å²) in [6.45, 7) is 6.67. The predicted octanol–water partition coefficient (Wildman–Crippen LogP) is 5.52. The van der Waals surface area contributed by atoms with Gasteiger partial charge in [-0.3, -0.25) is 4.79 Å². The fraction of sp³-hybridized carbons (Fsp3) is 0.483. The minimum Gasteiger partial charge on any atom is -0.494 e. The number of rotatable bonds is 8. The molecule has 0 bridgehead atoms. The lowest BCUT2D eigenvalue weighted by atomic mass is 10.0. The van der Waals surface area contributed by atoms with Crippen molar-refractivity contribution in [3.63, 3.8) is 0 Å². The lowest BCUT2D eigenvalue weighted by molar-refractivity contribution is 0.0695. The zero-order chi connectivity index (χ0) is 25.1. The first-order valence-electron chi connectivity index (χ1n) is 13.1. The first-order chi connectivity index (χ1) is 17.5. The first-order valence-corrected chi connectivity index (χ1v) is 13.1. The molecule has 2 saturated heterocycles. The van der Waals surface area contributed by atoms with Crippen molar-refractivity contribution in [1.29, 1.82) is 0 Å². The van der Waals surface area contributed by atoms with Crippen LogP contribution in [-0.2, 0) is 0 Å². The molecular weight excluding hydrogens is 457 g/mol. The van der Waals surface area contributed by atoms with Gasteiger partial charge in [-0.1, -0.05) is 0 Å². The van der Waals surface area contributed by atoms with Gasteiger partial charge >= 0.3 is 0 Å². The molecule has 0 radical (unpaired) electrons. The van der Waals surface area contributed by atoms with E-state index < -0.39 is 5.82 Å². The summed E-state index contributed by atoms with van der Waals surface area (Å²) in [6.07, 6.45) is 7.54. The van der Waals surface area contributed by atoms with E-state index in [-0.39, 0.29) is 11.7 Å². The maximum Gasteiger partial charge on any atom is 0.253 e. The second-order valence-electron chi connectivity index (χ2n) is 10.0. The lowest BCUT2D eigenvalue weighted by Crippen LogP contribution is -2.39. The van der Waals surface area contributed by atoms with Crippen LogP contribution in [0.3, 0.4) is 0 Å². The van der Waals surface area contributed by atoms with E-state index in [1.165, 1.54) is 49.5 Å². The van der Waals surface area contributed by atoms with E-state index in [0.717, 1.165) is 38.2 Å². The molecular formula is C29H36FN3O3. The third kappa shape index (κ3) is 5.21. The number of hydrogen-bond acceptors (Lipinski definition) is 4. The van der Waals surface area contributed by atoms with Crippen molar-refractivity contribution in [1.82, 2.24) is 14.4 Å². The van der Waals surface area contributed by atoms with Crippen LogP contribution in [0.1, 0.15) is 55.4 Å². The minimum atomic E-state index is -0.512. The summed E-state index contributed by atoms with van der Waals surface area (Å²) in [5, 5.41) is 1.17. The van der Waals surface area contributed by atoms with E-state index in [1.54, 1.807) is 6.07 Å². The molecule has 0 aliphatic carbocycles. The zero-order valence-electron chi connectivity index (χ0n) is 21.3. The second-order valence-corrected chi connectivity index (χ2v) is 10.0. The van der Waals surface area contributed by atoms with Crippen LogP contribution in [0.25, 0.3) is 10.9 Å². The lowest BCUT2D eigenvalue weighted by Gasteiger charge is -2.33. The Labute approximate surface area is 212 Å². The molecule has 0 unspecified atom stereocenters. The largest absolute Gasteiger partial charge is 0.494 e. The highest BCUT2D eigenvalue weighted by molar-refractivity contribution is 5.94. The van der Waals surface area contributed by atoms with Crippen molar-refractivity contribution >= 4 is 16.8 Å². The highest BCUT2D eigenvalue weighted by Gasteiger charge is 2.26. The maximum atomic E-state index is 14.1. The van der Waals surface area contributed by atoms with Crippen molar-refractivity contribution in [2.75, 3.05) is 39.9 Å². The standard InChI is InChI=1S/C29H36FN3O3/c1-21-5-3-13-31(21)14-4-18-36-25-7-8-27-22(19-25)10-17-33(27)24-11-15-32(16-12-24)29(34)23-6-9-28(35-2)26(30)20-23/h6-10,17,19-21,24H,3-5,11-16,18H2,1-2H3/t21-/m1/s1. The third-order valence-corrected chi connectivity index (χ3v) is 7.78. The molecule has 3 aromatic rings. The molecule has 1 amide bonds. The SMILES string of the molecule is COc1ccc(C(=O)N2CCC(n3ccc4cc(OCCCN5CCC[C@H]5C)ccc43)CC2)cc1F. The van der Waals surface area contributed by atoms with E-state index in [2.05, 4.69) is 46.9 Å². The van der Waals surface area contributed by atoms with Crippen molar-refractivity contribution in [3.05, 3.63) is 60.0 Å². The van der Waals surface area contributed by atoms with E-state index in [4.69, 9.17) is 9.47 Å². The Morgan fingerprint density at radius 1 is 1.06 bits per heavy atom. The van der Waals surface area contributed by atoms with Gasteiger partial charge in [0, 0.05) is 54.4 Å². The van der Waals surface area contributed by atoms with Gasteiger partial charge in [0.2, 0.25) is 0 Å². The van der Waals surface area contributed by atoms with Gasteiger partial charge in [0.05, 0.1) is 13.7 Å². The molecule has 5 rings (SSSR count). The number of hydrogen-bond donors (Lipinski definition) is 0. The molecule has 2 aliphatic rings. The summed E-state index contributed by atoms with van der Waals surface area (Å²) in [5.41, 5.74) is 1.55. The van der Waals surface area contributed by atoms with Crippen LogP contribution in [0.5, 0.6) is 11.5 Å². The molecule has 36 heavy (non-hydrogen) atoms. The van der Waals surface area contributed by atoms with E-state index in [9.17, 15) is 9.18 Å². The van der Waals surface area contributed by atoms with Crippen molar-refractivity contribution in [2.45, 2.75) is 51.1 Å². The highest BCUT2D eigenvalue weighted by atomic mass is 19.1. The number of carbonyl (C=O) groups is 1. The Morgan fingerprint density at radius 3 is 2.61 bits per heavy atom. The number of likely N-dealkylation sites (tertiary alicyclic amines) is 2. The fourth-order valence-corrected chi connectivity index (χ4v) is 5.66. The number of piperidine rings is 1. The van der Waals surface area contributed by atoms with Crippen LogP contribution < -0.4 is 9.47 Å². The minimum absolute atomic E-state index is 0.131. The van der Waals surface area contributed by atoms with Crippen molar-refractivity contribution < 1.29 is 18.7 Å². The normalized spacial score (nSPS) is 19.2. The van der Waals surface area contributed by atoms with Crippen LogP contribution >= 0.6 is 0 Å². The van der Waals surface area contributed by atoms with Crippen LogP contribution in [0.2, 0.25) is 0 Å². The Balaban J connectivity index is 1.15. The number of amides is 1. The smallest absolute Gasteiger partial charge is 0.253 e. The van der Waals surface area contributed by atoms with Gasteiger partial charge in [-0.2, -0.15) is 0 Å². The van der Waals surface area contributed by atoms with Gasteiger partial charge in [0.1, 0.15) is 5.75 Å². The summed E-state index contributed by atoms with van der Waals surface area (Å²) in [6, 6.07) is 13.9. The second kappa shape index (κ2) is 10.9. The monoisotopic (exact) mass is 493 g/mol. The fourth-order valence-electron chi connectivity index (χ4n) is 5.66. The average Bonchev–Trinajstić information content (AvgIpc) is 3.51. The molecule has 0 saturated carbocycles. The van der Waals surface area contributed by atoms with Crippen LogP contribution in [0, 0.1) is 5.82 Å². The highest BCUT2D eigenvalue weighted by Crippen LogP contribution is 2.30. The zero-order valence-corrected chi connectivity index (χ0v) is 21.3. The number of aromatic nitrogens is 1. The number of halogens is 1. The molecule has 1 atom stereocenters. The molecule has 1 aromatic heterocycles. The van der Waals surface area contributed by atoms with E-state index >= 15 is 0 Å². The number of benzene rings is 2. The number of carbonyl (C=O) groups excluding carboxylic acids is 1. The predicted molar refractivity (Wildman–Crippen MR) is 139 cm³/mol. The van der Waals surface area contributed by atoms with Crippen molar-refractivity contribution in [3.8, 4) is 11.5 Å². The molecule has 7 heteroatoms. The van der Waals surface area contributed by atoms with Crippen LogP contribution in [0.15, 0.2) is 48.7 Å². The topological polar surface area (TPSA) is 46.9 Å². The van der Waals surface area contributed by atoms with Crippen molar-refractivity contribution in [2.24, 2.45) is 0 Å². The Hall–Kier alpha value is -3.06. The van der Waals surface area contributed by atoms with Gasteiger partial charge < -0.3 is 23.8 Å². The maximum absolute atomic E-state index is 14.1. The molecule has 192 valence electrons. The summed E-state index contributed by atoms with van der Waals surface area (Å²) in [4.78, 5) is 17.3. The number of methoxy groups -OCH3 is 1. The number of ether oxygens (including phenoxy) is 2. The third-order valence-electron chi connectivity index (χ3n) is 7.78. The molecule has 2 aromatic carbocycles. The van der Waals surface area contributed by atoms with E-state index in [0.29, 0.717) is 30.7 Å². The van der Waals surface area contributed by atoms with Gasteiger partial charge in [-0.15, -0.1) is 0 Å². The molecule has 0 N–H and O–H groups in total. The number of nitrogens with zero attached hydrogens (tertiary/aromatic N) is 3. The molecule has 3 heterocycles. The summed E-state index contributed by atoms with van der Waals surface area (Å²) < 4.78 is 27.4. The first kappa shape index (κ1) is 24.6. The Bertz CT molecular complexity index is 1200. The quantitative estimate of drug-likeness (QED) is 0.388. The number of fused-ring (bicyclic) bond motifs is 1. The average molecular weight is 494 g/mol. The van der Waals surface area contributed by atoms with Gasteiger partial charge in [0.15, 0.2) is 11.6 Å². The molecule has 0 spiro atoms. The summed E-state index contributed by atoms with van der Waals surface area (Å²) >= 11 is 0. The van der Waals surface area contributed by atoms with Gasteiger partial charge in [-0.05, 0) is 88.0 Å². The summed E-state index contributed by atoms with van der Waals surface area (Å²) in [7, 11) is 1.42. The van der Waals surface area contributed by atoms with Crippen LogP contribution in [-0.4, -0.2) is 66.2 Å². The summed E-state index contributed by atoms with van der Waals surface area (Å²) in [5.74, 6) is 0.423. The molecule has 6 nitrogen and oxygen atoms in total. The Kier molecular flexibility index (Phi) is 7.46. The van der Waals surface area contributed by atoms with Gasteiger partial charge in [0.25, 0.3) is 5.91 Å². The van der Waals surface area contributed by atoms with Gasteiger partial charge in [-0.25, -0.2) is 4.39 Å². The molecule has 2 aliphatic heterocycles. The Morgan fingerprint density at radius 2 is 1.89 bits per heavy atom. The van der Waals surface area contributed by atoms with Crippen LogP contribution in [0.4, 0.5) is 4.39 Å². The van der Waals surface area contributed by atoms with E-state index in [1.807, 2.05) is 4.90 Å².